The lowest BCUT2D eigenvalue weighted by Gasteiger charge is -2.15. The molecule has 2 N–H and O–H groups in total. The van der Waals surface area contributed by atoms with E-state index in [4.69, 9.17) is 26.2 Å². The number of carboxylic acid groups (broad SMARTS) is 1. The van der Waals surface area contributed by atoms with Crippen molar-refractivity contribution in [3.63, 3.8) is 0 Å². The van der Waals surface area contributed by atoms with Crippen LogP contribution >= 0.6 is 11.6 Å². The van der Waals surface area contributed by atoms with Gasteiger partial charge in [0.1, 0.15) is 6.61 Å². The van der Waals surface area contributed by atoms with Crippen LogP contribution in [0.3, 0.4) is 0 Å². The van der Waals surface area contributed by atoms with Gasteiger partial charge in [-0.1, -0.05) is 35.9 Å². The van der Waals surface area contributed by atoms with Crippen LogP contribution in [-0.2, 0) is 13.2 Å². The molecule has 0 bridgehead atoms. The molecule has 6 heteroatoms. The Hall–Kier alpha value is -3.18. The molecule has 5 nitrogen and oxygen atoms in total. The summed E-state index contributed by atoms with van der Waals surface area (Å²) in [5, 5.41) is 12.8. The molecule has 0 saturated carbocycles. The minimum Gasteiger partial charge on any atom is -0.493 e. The Bertz CT molecular complexity index is 1000. The van der Waals surface area contributed by atoms with Gasteiger partial charge in [-0.2, -0.15) is 0 Å². The van der Waals surface area contributed by atoms with E-state index in [1.807, 2.05) is 37.3 Å². The maximum absolute atomic E-state index is 10.9. The van der Waals surface area contributed by atoms with Gasteiger partial charge in [-0.25, -0.2) is 4.79 Å². The summed E-state index contributed by atoms with van der Waals surface area (Å²) in [6.07, 6.45) is 0. The van der Waals surface area contributed by atoms with E-state index in [-0.39, 0.29) is 5.56 Å². The molecule has 0 fully saturated rings. The first-order valence-corrected chi connectivity index (χ1v) is 9.46. The van der Waals surface area contributed by atoms with Gasteiger partial charge in [-0.3, -0.25) is 0 Å². The summed E-state index contributed by atoms with van der Waals surface area (Å²) >= 11 is 6.45. The van der Waals surface area contributed by atoms with Gasteiger partial charge in [0.2, 0.25) is 0 Å². The van der Waals surface area contributed by atoms with Crippen LogP contribution in [0.15, 0.2) is 60.7 Å². The molecule has 0 unspecified atom stereocenters. The van der Waals surface area contributed by atoms with Crippen LogP contribution < -0.4 is 14.8 Å². The topological polar surface area (TPSA) is 67.8 Å². The third-order valence-electron chi connectivity index (χ3n) is 4.59. The van der Waals surface area contributed by atoms with Crippen molar-refractivity contribution in [1.29, 1.82) is 0 Å². The Labute approximate surface area is 174 Å². The molecule has 0 amide bonds. The van der Waals surface area contributed by atoms with E-state index in [0.29, 0.717) is 29.7 Å². The number of ether oxygens (including phenoxy) is 2. The Balaban J connectivity index is 1.70. The summed E-state index contributed by atoms with van der Waals surface area (Å²) in [6.45, 7) is 2.92. The molecule has 0 radical (unpaired) electrons. The molecule has 0 aliphatic rings. The van der Waals surface area contributed by atoms with E-state index in [9.17, 15) is 4.79 Å². The number of hydrogen-bond donors (Lipinski definition) is 2. The summed E-state index contributed by atoms with van der Waals surface area (Å²) < 4.78 is 11.4. The Kier molecular flexibility index (Phi) is 6.62. The number of carboxylic acids is 1. The number of methoxy groups -OCH3 is 1. The van der Waals surface area contributed by atoms with Crippen molar-refractivity contribution < 1.29 is 19.4 Å². The lowest BCUT2D eigenvalue weighted by atomic mass is 10.1. The number of carbonyl (C=O) groups is 1. The highest BCUT2D eigenvalue weighted by molar-refractivity contribution is 6.31. The zero-order valence-electron chi connectivity index (χ0n) is 16.2. The number of halogens is 1. The summed E-state index contributed by atoms with van der Waals surface area (Å²) in [5.74, 6) is 0.224. The quantitative estimate of drug-likeness (QED) is 0.509. The average molecular weight is 412 g/mol. The van der Waals surface area contributed by atoms with Crippen LogP contribution in [0.4, 0.5) is 5.69 Å². The molecule has 3 rings (SSSR count). The SMILES string of the molecule is COc1cc(CNc2ccc(C(=O)O)cc2)c(Cl)cc1OCc1ccccc1C. The molecule has 29 heavy (non-hydrogen) atoms. The van der Waals surface area contributed by atoms with Crippen LogP contribution in [-0.4, -0.2) is 18.2 Å². The highest BCUT2D eigenvalue weighted by atomic mass is 35.5. The molecule has 150 valence electrons. The van der Waals surface area contributed by atoms with Gasteiger partial charge in [-0.15, -0.1) is 0 Å². The van der Waals surface area contributed by atoms with E-state index in [0.717, 1.165) is 22.4 Å². The van der Waals surface area contributed by atoms with E-state index in [1.54, 1.807) is 37.4 Å². The molecule has 0 aliphatic heterocycles. The first kappa shape index (κ1) is 20.6. The van der Waals surface area contributed by atoms with Crippen LogP contribution in [0.2, 0.25) is 5.02 Å². The second-order valence-electron chi connectivity index (χ2n) is 6.55. The Morgan fingerprint density at radius 3 is 2.41 bits per heavy atom. The second-order valence-corrected chi connectivity index (χ2v) is 6.95. The Morgan fingerprint density at radius 2 is 1.76 bits per heavy atom. The van der Waals surface area contributed by atoms with Crippen LogP contribution in [0.1, 0.15) is 27.0 Å². The minimum absolute atomic E-state index is 0.241. The van der Waals surface area contributed by atoms with Gasteiger partial charge in [0, 0.05) is 23.3 Å². The average Bonchev–Trinajstić information content (AvgIpc) is 2.72. The Morgan fingerprint density at radius 1 is 1.03 bits per heavy atom. The number of anilines is 1. The van der Waals surface area contributed by atoms with Gasteiger partial charge < -0.3 is 19.9 Å². The van der Waals surface area contributed by atoms with Crippen molar-refractivity contribution in [2.75, 3.05) is 12.4 Å². The fourth-order valence-electron chi connectivity index (χ4n) is 2.84. The molecular weight excluding hydrogens is 390 g/mol. The zero-order valence-corrected chi connectivity index (χ0v) is 17.0. The molecule has 0 spiro atoms. The molecular formula is C23H22ClNO4. The third kappa shape index (κ3) is 5.21. The molecule has 0 saturated heterocycles. The predicted molar refractivity (Wildman–Crippen MR) is 114 cm³/mol. The largest absolute Gasteiger partial charge is 0.493 e. The lowest BCUT2D eigenvalue weighted by Crippen LogP contribution is -2.04. The van der Waals surface area contributed by atoms with Gasteiger partial charge >= 0.3 is 5.97 Å². The van der Waals surface area contributed by atoms with E-state index >= 15 is 0 Å². The van der Waals surface area contributed by atoms with Gasteiger partial charge in [0.05, 0.1) is 12.7 Å². The van der Waals surface area contributed by atoms with Crippen LogP contribution in [0.5, 0.6) is 11.5 Å². The molecule has 0 aromatic heterocycles. The monoisotopic (exact) mass is 411 g/mol. The second kappa shape index (κ2) is 9.34. The number of benzene rings is 3. The zero-order chi connectivity index (χ0) is 20.8. The summed E-state index contributed by atoms with van der Waals surface area (Å²) in [5.41, 5.74) is 4.14. The van der Waals surface area contributed by atoms with E-state index in [1.165, 1.54) is 0 Å². The third-order valence-corrected chi connectivity index (χ3v) is 4.94. The first-order valence-electron chi connectivity index (χ1n) is 9.09. The van der Waals surface area contributed by atoms with Gasteiger partial charge in [-0.05, 0) is 53.9 Å². The summed E-state index contributed by atoms with van der Waals surface area (Å²) in [6, 6.07) is 18.2. The van der Waals surface area contributed by atoms with Crippen molar-refractivity contribution >= 4 is 23.3 Å². The molecule has 3 aromatic rings. The first-order chi connectivity index (χ1) is 14.0. The maximum atomic E-state index is 10.9. The smallest absolute Gasteiger partial charge is 0.335 e. The highest BCUT2D eigenvalue weighted by Crippen LogP contribution is 2.34. The standard InChI is InChI=1S/C23H22ClNO4/c1-15-5-3-4-6-17(15)14-29-22-12-20(24)18(11-21(22)28-2)13-25-19-9-7-16(8-10-19)23(26)27/h3-12,25H,13-14H2,1-2H3,(H,26,27). The van der Waals surface area contributed by atoms with Crippen LogP contribution in [0, 0.1) is 6.92 Å². The minimum atomic E-state index is -0.953. The number of hydrogen-bond acceptors (Lipinski definition) is 4. The maximum Gasteiger partial charge on any atom is 0.335 e. The van der Waals surface area contributed by atoms with E-state index in [2.05, 4.69) is 5.32 Å². The van der Waals surface area contributed by atoms with E-state index < -0.39 is 5.97 Å². The summed E-state index contributed by atoms with van der Waals surface area (Å²) in [7, 11) is 1.59. The molecule has 3 aromatic carbocycles. The lowest BCUT2D eigenvalue weighted by molar-refractivity contribution is 0.0697. The fourth-order valence-corrected chi connectivity index (χ4v) is 3.06. The summed E-state index contributed by atoms with van der Waals surface area (Å²) in [4.78, 5) is 10.9. The fraction of sp³-hybridized carbons (Fsp3) is 0.174. The molecule has 0 heterocycles. The predicted octanol–water partition coefficient (Wildman–Crippen LogP) is 5.55. The van der Waals surface area contributed by atoms with Crippen LogP contribution in [0.25, 0.3) is 0 Å². The highest BCUT2D eigenvalue weighted by Gasteiger charge is 2.12. The normalized spacial score (nSPS) is 10.4. The van der Waals surface area contributed by atoms with Crippen molar-refractivity contribution in [2.24, 2.45) is 0 Å². The van der Waals surface area contributed by atoms with Crippen molar-refractivity contribution in [2.45, 2.75) is 20.1 Å². The number of rotatable bonds is 8. The van der Waals surface area contributed by atoms with Crippen molar-refractivity contribution in [3.8, 4) is 11.5 Å². The molecule has 0 aliphatic carbocycles. The molecule has 0 atom stereocenters. The van der Waals surface area contributed by atoms with Crippen molar-refractivity contribution in [3.05, 3.63) is 87.9 Å². The van der Waals surface area contributed by atoms with Gasteiger partial charge in [0.25, 0.3) is 0 Å². The number of aromatic carboxylic acids is 1. The number of nitrogens with one attached hydrogen (secondary N) is 1. The van der Waals surface area contributed by atoms with Crippen molar-refractivity contribution in [1.82, 2.24) is 0 Å². The number of aryl methyl sites for hydroxylation is 1. The van der Waals surface area contributed by atoms with Gasteiger partial charge in [0.15, 0.2) is 11.5 Å².